The minimum Gasteiger partial charge on any atom is -0.388 e. The van der Waals surface area contributed by atoms with E-state index >= 15 is 0 Å². The third kappa shape index (κ3) is 3.73. The molecule has 0 amide bonds. The van der Waals surface area contributed by atoms with Gasteiger partial charge in [-0.1, -0.05) is 13.8 Å². The molecule has 1 aromatic carbocycles. The van der Waals surface area contributed by atoms with E-state index in [0.717, 1.165) is 18.5 Å². The van der Waals surface area contributed by atoms with Crippen LogP contribution >= 0.6 is 0 Å². The normalized spacial score (nSPS) is 27.2. The van der Waals surface area contributed by atoms with Gasteiger partial charge in [-0.3, -0.25) is 0 Å². The van der Waals surface area contributed by atoms with Gasteiger partial charge in [-0.25, -0.2) is 13.1 Å². The van der Waals surface area contributed by atoms with E-state index in [1.807, 2.05) is 7.05 Å². The lowest BCUT2D eigenvalue weighted by molar-refractivity contribution is 0.257. The first kappa shape index (κ1) is 15.3. The molecule has 0 aromatic heterocycles. The summed E-state index contributed by atoms with van der Waals surface area (Å²) in [4.78, 5) is 0.336. The third-order valence-electron chi connectivity index (χ3n) is 3.95. The first-order valence-corrected chi connectivity index (χ1v) is 8.69. The van der Waals surface area contributed by atoms with Gasteiger partial charge in [0.15, 0.2) is 0 Å². The molecule has 1 aromatic rings. The average molecular weight is 296 g/mol. The summed E-state index contributed by atoms with van der Waals surface area (Å²) in [5, 5.41) is 2.98. The fourth-order valence-corrected chi connectivity index (χ4v) is 4.39. The topological polar surface area (TPSA) is 58.2 Å². The summed E-state index contributed by atoms with van der Waals surface area (Å²) in [6.07, 6.45) is 3.05. The van der Waals surface area contributed by atoms with Gasteiger partial charge in [-0.2, -0.15) is 0 Å². The van der Waals surface area contributed by atoms with Crippen molar-refractivity contribution in [3.8, 4) is 0 Å². The number of rotatable bonds is 4. The summed E-state index contributed by atoms with van der Waals surface area (Å²) < 4.78 is 27.6. The number of hydrogen-bond donors (Lipinski definition) is 2. The Labute approximate surface area is 122 Å². The second-order valence-electron chi connectivity index (χ2n) is 6.01. The van der Waals surface area contributed by atoms with Crippen LogP contribution in [0.15, 0.2) is 29.2 Å². The van der Waals surface area contributed by atoms with Crippen molar-refractivity contribution in [1.29, 1.82) is 0 Å². The highest BCUT2D eigenvalue weighted by molar-refractivity contribution is 7.89. The van der Waals surface area contributed by atoms with Crippen molar-refractivity contribution in [2.75, 3.05) is 12.4 Å². The summed E-state index contributed by atoms with van der Waals surface area (Å²) in [7, 11) is -1.60. The van der Waals surface area contributed by atoms with E-state index in [4.69, 9.17) is 0 Å². The summed E-state index contributed by atoms with van der Waals surface area (Å²) >= 11 is 0. The van der Waals surface area contributed by atoms with Crippen LogP contribution in [0.1, 0.15) is 33.1 Å². The lowest BCUT2D eigenvalue weighted by Gasteiger charge is -2.31. The predicted octanol–water partition coefficient (Wildman–Crippen LogP) is 2.83. The number of nitrogens with one attached hydrogen (secondary N) is 2. The van der Waals surface area contributed by atoms with Crippen LogP contribution < -0.4 is 10.0 Å². The molecule has 112 valence electrons. The van der Waals surface area contributed by atoms with Crippen molar-refractivity contribution in [2.45, 2.75) is 44.0 Å². The van der Waals surface area contributed by atoms with E-state index in [1.165, 1.54) is 6.42 Å². The molecule has 20 heavy (non-hydrogen) atoms. The molecule has 1 aliphatic carbocycles. The second-order valence-corrected chi connectivity index (χ2v) is 7.72. The first-order valence-electron chi connectivity index (χ1n) is 7.21. The number of hydrogen-bond acceptors (Lipinski definition) is 3. The van der Waals surface area contributed by atoms with Gasteiger partial charge in [-0.15, -0.1) is 0 Å². The highest BCUT2D eigenvalue weighted by Crippen LogP contribution is 2.29. The highest BCUT2D eigenvalue weighted by atomic mass is 32.2. The Kier molecular flexibility index (Phi) is 4.70. The minimum absolute atomic E-state index is 0.0581. The summed E-state index contributed by atoms with van der Waals surface area (Å²) in [6.45, 7) is 4.39. The summed E-state index contributed by atoms with van der Waals surface area (Å²) in [5.74, 6) is 1.16. The monoisotopic (exact) mass is 296 g/mol. The Morgan fingerprint density at radius 3 is 2.05 bits per heavy atom. The van der Waals surface area contributed by atoms with Crippen LogP contribution in [0.2, 0.25) is 0 Å². The second kappa shape index (κ2) is 6.14. The Bertz CT molecular complexity index is 529. The maximum absolute atomic E-state index is 12.4. The van der Waals surface area contributed by atoms with Crippen molar-refractivity contribution in [3.05, 3.63) is 24.3 Å². The quantitative estimate of drug-likeness (QED) is 0.898. The molecular weight excluding hydrogens is 272 g/mol. The van der Waals surface area contributed by atoms with E-state index in [1.54, 1.807) is 24.3 Å². The Hall–Kier alpha value is -1.07. The maximum Gasteiger partial charge on any atom is 0.240 e. The molecule has 2 unspecified atom stereocenters. The fraction of sp³-hybridized carbons (Fsp3) is 0.600. The van der Waals surface area contributed by atoms with Crippen LogP contribution in [0.25, 0.3) is 0 Å². The van der Waals surface area contributed by atoms with Crippen LogP contribution in [-0.2, 0) is 10.0 Å². The van der Waals surface area contributed by atoms with Crippen LogP contribution in [0.5, 0.6) is 0 Å². The van der Waals surface area contributed by atoms with Crippen LogP contribution in [0.4, 0.5) is 5.69 Å². The molecule has 0 spiro atoms. The van der Waals surface area contributed by atoms with Crippen LogP contribution in [0, 0.1) is 11.8 Å². The lowest BCUT2D eigenvalue weighted by Crippen LogP contribution is -2.39. The van der Waals surface area contributed by atoms with Crippen molar-refractivity contribution < 1.29 is 8.42 Å². The van der Waals surface area contributed by atoms with Crippen molar-refractivity contribution >= 4 is 15.7 Å². The molecule has 2 N–H and O–H groups in total. The smallest absolute Gasteiger partial charge is 0.240 e. The molecule has 5 heteroatoms. The van der Waals surface area contributed by atoms with Crippen molar-refractivity contribution in [3.63, 3.8) is 0 Å². The Morgan fingerprint density at radius 2 is 1.55 bits per heavy atom. The Balaban J connectivity index is 2.09. The molecule has 2 atom stereocenters. The minimum atomic E-state index is -3.41. The zero-order chi connectivity index (χ0) is 14.8. The van der Waals surface area contributed by atoms with Gasteiger partial charge in [0.25, 0.3) is 0 Å². The van der Waals surface area contributed by atoms with Gasteiger partial charge < -0.3 is 5.32 Å². The van der Waals surface area contributed by atoms with Gasteiger partial charge >= 0.3 is 0 Å². The summed E-state index contributed by atoms with van der Waals surface area (Å²) in [6, 6.07) is 6.90. The largest absolute Gasteiger partial charge is 0.388 e. The molecule has 0 radical (unpaired) electrons. The van der Waals surface area contributed by atoms with Crippen molar-refractivity contribution in [2.24, 2.45) is 11.8 Å². The molecule has 2 rings (SSSR count). The molecule has 1 fully saturated rings. The van der Waals surface area contributed by atoms with E-state index in [9.17, 15) is 8.42 Å². The van der Waals surface area contributed by atoms with Gasteiger partial charge in [-0.05, 0) is 55.4 Å². The van der Waals surface area contributed by atoms with Gasteiger partial charge in [0.05, 0.1) is 4.90 Å². The maximum atomic E-state index is 12.4. The molecular formula is C15H24N2O2S. The fourth-order valence-electron chi connectivity index (χ4n) is 3.13. The summed E-state index contributed by atoms with van der Waals surface area (Å²) in [5.41, 5.74) is 0.906. The molecule has 1 aliphatic rings. The molecule has 1 saturated carbocycles. The molecule has 0 saturated heterocycles. The molecule has 0 bridgehead atoms. The van der Waals surface area contributed by atoms with Crippen molar-refractivity contribution in [1.82, 2.24) is 4.72 Å². The molecule has 4 nitrogen and oxygen atoms in total. The first-order chi connectivity index (χ1) is 9.40. The average Bonchev–Trinajstić information content (AvgIpc) is 2.37. The SMILES string of the molecule is CNc1ccc(S(=O)(=O)NC2CC(C)CC(C)C2)cc1. The van der Waals surface area contributed by atoms with Gasteiger partial charge in [0.1, 0.15) is 0 Å². The van der Waals surface area contributed by atoms with Crippen LogP contribution in [0.3, 0.4) is 0 Å². The number of anilines is 1. The van der Waals surface area contributed by atoms with Gasteiger partial charge in [0, 0.05) is 18.8 Å². The van der Waals surface area contributed by atoms with E-state index < -0.39 is 10.0 Å². The van der Waals surface area contributed by atoms with Gasteiger partial charge in [0.2, 0.25) is 10.0 Å². The highest BCUT2D eigenvalue weighted by Gasteiger charge is 2.27. The standard InChI is InChI=1S/C15H24N2O2S/c1-11-8-12(2)10-14(9-11)17-20(18,19)15-6-4-13(16-3)5-7-15/h4-7,11-12,14,16-17H,8-10H2,1-3H3. The van der Waals surface area contributed by atoms with E-state index in [0.29, 0.717) is 16.7 Å². The third-order valence-corrected chi connectivity index (χ3v) is 5.49. The Morgan fingerprint density at radius 1 is 1.00 bits per heavy atom. The van der Waals surface area contributed by atoms with Crippen LogP contribution in [-0.4, -0.2) is 21.5 Å². The zero-order valence-electron chi connectivity index (χ0n) is 12.4. The van der Waals surface area contributed by atoms with E-state index in [-0.39, 0.29) is 6.04 Å². The van der Waals surface area contributed by atoms with E-state index in [2.05, 4.69) is 23.9 Å². The molecule has 0 aliphatic heterocycles. The number of sulfonamides is 1. The lowest BCUT2D eigenvalue weighted by atomic mass is 9.81. The zero-order valence-corrected chi connectivity index (χ0v) is 13.2. The molecule has 0 heterocycles. The number of benzene rings is 1. The predicted molar refractivity (Wildman–Crippen MR) is 82.3 cm³/mol.